The summed E-state index contributed by atoms with van der Waals surface area (Å²) in [5.41, 5.74) is 6.54. The molecule has 0 saturated carbocycles. The Balaban J connectivity index is 1.38. The summed E-state index contributed by atoms with van der Waals surface area (Å²) in [6, 6.07) is 20.8. The Labute approximate surface area is 216 Å². The zero-order valence-corrected chi connectivity index (χ0v) is 21.5. The van der Waals surface area contributed by atoms with Crippen molar-refractivity contribution in [2.24, 2.45) is 5.10 Å². The van der Waals surface area contributed by atoms with Crippen LogP contribution in [0.25, 0.3) is 11.3 Å². The minimum absolute atomic E-state index is 0.311. The van der Waals surface area contributed by atoms with Gasteiger partial charge in [0.25, 0.3) is 5.91 Å². The zero-order chi connectivity index (χ0) is 24.6. The summed E-state index contributed by atoms with van der Waals surface area (Å²) in [4.78, 5) is 17.1. The van der Waals surface area contributed by atoms with Crippen LogP contribution in [0.15, 0.2) is 81.7 Å². The van der Waals surface area contributed by atoms with Crippen LogP contribution in [0.4, 0.5) is 10.8 Å². The molecule has 4 rings (SSSR count). The average molecular weight is 551 g/mol. The van der Waals surface area contributed by atoms with Gasteiger partial charge in [-0.05, 0) is 64.8 Å². The third-order valence-electron chi connectivity index (χ3n) is 4.89. The molecule has 0 aliphatic rings. The summed E-state index contributed by atoms with van der Waals surface area (Å²) < 4.78 is 11.7. The molecule has 0 aliphatic heterocycles. The van der Waals surface area contributed by atoms with Crippen LogP contribution in [0, 0.1) is 0 Å². The third kappa shape index (κ3) is 6.26. The van der Waals surface area contributed by atoms with E-state index in [0.29, 0.717) is 23.7 Å². The van der Waals surface area contributed by atoms with Gasteiger partial charge in [-0.25, -0.2) is 10.4 Å². The molecular formula is C26H23BrN4O3S. The summed E-state index contributed by atoms with van der Waals surface area (Å²) in [6.45, 7) is 2.42. The van der Waals surface area contributed by atoms with Crippen molar-refractivity contribution in [3.63, 3.8) is 0 Å². The molecular weight excluding hydrogens is 528 g/mol. The first-order valence-electron chi connectivity index (χ1n) is 10.8. The van der Waals surface area contributed by atoms with Crippen molar-refractivity contribution >= 4 is 50.2 Å². The second kappa shape index (κ2) is 11.6. The van der Waals surface area contributed by atoms with Crippen molar-refractivity contribution < 1.29 is 14.3 Å². The number of anilines is 2. The third-order valence-corrected chi connectivity index (χ3v) is 6.24. The number of benzene rings is 3. The smallest absolute Gasteiger partial charge is 0.271 e. The quantitative estimate of drug-likeness (QED) is 0.184. The molecule has 0 fully saturated rings. The second-order valence-electron chi connectivity index (χ2n) is 7.27. The number of rotatable bonds is 9. The number of hydrogen-bond donors (Lipinski definition) is 2. The lowest BCUT2D eigenvalue weighted by molar-refractivity contribution is 0.0955. The summed E-state index contributed by atoms with van der Waals surface area (Å²) in [7, 11) is 1.57. The number of halogens is 1. The number of hydrogen-bond acceptors (Lipinski definition) is 7. The maximum atomic E-state index is 12.5. The van der Waals surface area contributed by atoms with Crippen LogP contribution in [0.1, 0.15) is 22.8 Å². The minimum Gasteiger partial charge on any atom is -0.493 e. The van der Waals surface area contributed by atoms with E-state index >= 15 is 0 Å². The summed E-state index contributed by atoms with van der Waals surface area (Å²) >= 11 is 5.00. The monoisotopic (exact) mass is 550 g/mol. The van der Waals surface area contributed by atoms with Crippen LogP contribution < -0.4 is 20.2 Å². The molecule has 35 heavy (non-hydrogen) atoms. The Hall–Kier alpha value is -3.69. The molecule has 1 heterocycles. The number of thiazole rings is 1. The van der Waals surface area contributed by atoms with Gasteiger partial charge in [-0.15, -0.1) is 11.3 Å². The van der Waals surface area contributed by atoms with Gasteiger partial charge in [0.2, 0.25) is 0 Å². The Bertz CT molecular complexity index is 1320. The van der Waals surface area contributed by atoms with E-state index in [1.165, 1.54) is 11.3 Å². The molecule has 0 radical (unpaired) electrons. The second-order valence-corrected chi connectivity index (χ2v) is 8.98. The van der Waals surface area contributed by atoms with E-state index < -0.39 is 0 Å². The molecule has 2 N–H and O–H groups in total. The SMILES string of the molecule is CCOc1c(Br)cc(/C=N\NC(=O)c2ccc(-c3csc(Nc4ccccc4)n3)cc2)cc1OC. The number of amides is 1. The molecule has 3 aromatic carbocycles. The first kappa shape index (κ1) is 24.4. The number of nitrogens with one attached hydrogen (secondary N) is 2. The van der Waals surface area contributed by atoms with Gasteiger partial charge in [0.1, 0.15) is 0 Å². The first-order chi connectivity index (χ1) is 17.1. The highest BCUT2D eigenvalue weighted by molar-refractivity contribution is 9.10. The Morgan fingerprint density at radius 2 is 1.91 bits per heavy atom. The van der Waals surface area contributed by atoms with Crippen LogP contribution in [0.3, 0.4) is 0 Å². The Kier molecular flexibility index (Phi) is 8.12. The zero-order valence-electron chi connectivity index (χ0n) is 19.1. The lowest BCUT2D eigenvalue weighted by Crippen LogP contribution is -2.17. The van der Waals surface area contributed by atoms with Gasteiger partial charge in [-0.2, -0.15) is 5.10 Å². The van der Waals surface area contributed by atoms with Crippen LogP contribution in [-0.2, 0) is 0 Å². The highest BCUT2D eigenvalue weighted by Crippen LogP contribution is 2.36. The van der Waals surface area contributed by atoms with Crippen molar-refractivity contribution in [1.29, 1.82) is 0 Å². The molecule has 4 aromatic rings. The molecule has 1 aromatic heterocycles. The molecule has 1 amide bonds. The average Bonchev–Trinajstić information content (AvgIpc) is 3.34. The van der Waals surface area contributed by atoms with E-state index in [4.69, 9.17) is 9.47 Å². The number of aromatic nitrogens is 1. The minimum atomic E-state index is -0.311. The lowest BCUT2D eigenvalue weighted by atomic mass is 10.1. The number of nitrogens with zero attached hydrogens (tertiary/aromatic N) is 2. The van der Waals surface area contributed by atoms with Crippen LogP contribution >= 0.6 is 27.3 Å². The van der Waals surface area contributed by atoms with E-state index in [2.05, 4.69) is 36.8 Å². The number of para-hydroxylation sites is 1. The van der Waals surface area contributed by atoms with Crippen molar-refractivity contribution in [3.8, 4) is 22.8 Å². The highest BCUT2D eigenvalue weighted by Gasteiger charge is 2.11. The fourth-order valence-electron chi connectivity index (χ4n) is 3.23. The number of carbonyl (C=O) groups is 1. The Morgan fingerprint density at radius 1 is 1.14 bits per heavy atom. The van der Waals surface area contributed by atoms with Crippen LogP contribution in [0.5, 0.6) is 11.5 Å². The predicted molar refractivity (Wildman–Crippen MR) is 144 cm³/mol. The molecule has 0 saturated heterocycles. The standard InChI is InChI=1S/C26H23BrN4O3S/c1-3-34-24-21(27)13-17(14-23(24)33-2)15-28-31-25(32)19-11-9-18(10-12-19)22-16-35-26(30-22)29-20-7-5-4-6-8-20/h4-16H,3H2,1-2H3,(H,29,30)(H,31,32)/b28-15-. The van der Waals surface area contributed by atoms with E-state index in [1.54, 1.807) is 31.5 Å². The van der Waals surface area contributed by atoms with Crippen molar-refractivity contribution in [2.45, 2.75) is 6.92 Å². The van der Waals surface area contributed by atoms with Gasteiger partial charge in [-0.1, -0.05) is 30.3 Å². The predicted octanol–water partition coefficient (Wildman–Crippen LogP) is 6.49. The van der Waals surface area contributed by atoms with Gasteiger partial charge in [0.15, 0.2) is 16.6 Å². The van der Waals surface area contributed by atoms with Gasteiger partial charge < -0.3 is 14.8 Å². The van der Waals surface area contributed by atoms with Crippen molar-refractivity contribution in [1.82, 2.24) is 10.4 Å². The summed E-state index contributed by atoms with van der Waals surface area (Å²) in [5.74, 6) is 0.891. The van der Waals surface area contributed by atoms with Crippen molar-refractivity contribution in [3.05, 3.63) is 87.7 Å². The fraction of sp³-hybridized carbons (Fsp3) is 0.115. The van der Waals surface area contributed by atoms with Crippen molar-refractivity contribution in [2.75, 3.05) is 19.0 Å². The topological polar surface area (TPSA) is 84.8 Å². The lowest BCUT2D eigenvalue weighted by Gasteiger charge is -2.11. The first-order valence-corrected chi connectivity index (χ1v) is 12.5. The molecule has 0 aliphatic carbocycles. The van der Waals surface area contributed by atoms with Gasteiger partial charge in [-0.3, -0.25) is 4.79 Å². The number of hydrazone groups is 1. The molecule has 178 valence electrons. The van der Waals surface area contributed by atoms with E-state index in [0.717, 1.165) is 32.1 Å². The molecule has 0 unspecified atom stereocenters. The number of carbonyl (C=O) groups excluding carboxylic acids is 1. The number of methoxy groups -OCH3 is 1. The molecule has 7 nitrogen and oxygen atoms in total. The highest BCUT2D eigenvalue weighted by atomic mass is 79.9. The maximum Gasteiger partial charge on any atom is 0.271 e. The largest absolute Gasteiger partial charge is 0.493 e. The summed E-state index contributed by atoms with van der Waals surface area (Å²) in [5, 5.41) is 10.1. The normalized spacial score (nSPS) is 10.8. The van der Waals surface area contributed by atoms with Crippen LogP contribution in [0.2, 0.25) is 0 Å². The van der Waals surface area contributed by atoms with Crippen LogP contribution in [-0.4, -0.2) is 30.8 Å². The van der Waals surface area contributed by atoms with Gasteiger partial charge in [0, 0.05) is 22.2 Å². The molecule has 0 atom stereocenters. The van der Waals surface area contributed by atoms with Gasteiger partial charge >= 0.3 is 0 Å². The number of ether oxygens (including phenoxy) is 2. The van der Waals surface area contributed by atoms with Gasteiger partial charge in [0.05, 0.1) is 30.1 Å². The molecule has 0 spiro atoms. The van der Waals surface area contributed by atoms with E-state index in [9.17, 15) is 4.79 Å². The molecule has 0 bridgehead atoms. The summed E-state index contributed by atoms with van der Waals surface area (Å²) in [6.07, 6.45) is 1.55. The van der Waals surface area contributed by atoms with E-state index in [-0.39, 0.29) is 5.91 Å². The molecule has 9 heteroatoms. The van der Waals surface area contributed by atoms with E-state index in [1.807, 2.05) is 60.8 Å². The Morgan fingerprint density at radius 3 is 2.63 bits per heavy atom. The maximum absolute atomic E-state index is 12.5. The fourth-order valence-corrected chi connectivity index (χ4v) is 4.54.